The lowest BCUT2D eigenvalue weighted by molar-refractivity contribution is -0.131. The Kier molecular flexibility index (Phi) is 7.62. The molecule has 2 fully saturated rings. The third-order valence-electron chi connectivity index (χ3n) is 7.20. The first-order valence-corrected chi connectivity index (χ1v) is 12.1. The molecule has 1 saturated carbocycles. The quantitative estimate of drug-likeness (QED) is 0.471. The molecule has 4 heteroatoms. The molecular formula is C27H37NO3. The van der Waals surface area contributed by atoms with Gasteiger partial charge in [-0.05, 0) is 68.4 Å². The van der Waals surface area contributed by atoms with Gasteiger partial charge in [-0.25, -0.2) is 0 Å². The summed E-state index contributed by atoms with van der Waals surface area (Å²) in [4.78, 5) is 14.1. The van der Waals surface area contributed by atoms with Gasteiger partial charge < -0.3 is 14.7 Å². The highest BCUT2D eigenvalue weighted by Crippen LogP contribution is 2.47. The summed E-state index contributed by atoms with van der Waals surface area (Å²) in [5.74, 6) is 1.43. The molecule has 168 valence electrons. The Morgan fingerprint density at radius 1 is 1.29 bits per heavy atom. The van der Waals surface area contributed by atoms with E-state index in [1.165, 1.54) is 16.7 Å². The molecule has 4 rings (SSSR count). The lowest BCUT2D eigenvalue weighted by Crippen LogP contribution is -2.28. The minimum absolute atomic E-state index is 0.230. The van der Waals surface area contributed by atoms with Crippen LogP contribution in [0.15, 0.2) is 48.1 Å². The molecule has 3 aliphatic rings. The van der Waals surface area contributed by atoms with E-state index in [-0.39, 0.29) is 17.9 Å². The molecule has 4 atom stereocenters. The number of ether oxygens (including phenoxy) is 1. The van der Waals surface area contributed by atoms with Crippen LogP contribution in [0, 0.1) is 24.7 Å². The second kappa shape index (κ2) is 10.6. The Hall–Kier alpha value is -1.91. The number of carbonyl (C=O) groups is 1. The summed E-state index contributed by atoms with van der Waals surface area (Å²) in [5, 5.41) is 10.6. The van der Waals surface area contributed by atoms with Crippen LogP contribution >= 0.6 is 0 Å². The van der Waals surface area contributed by atoms with Crippen molar-refractivity contribution in [3.63, 3.8) is 0 Å². The van der Waals surface area contributed by atoms with Crippen molar-refractivity contribution >= 4 is 5.91 Å². The van der Waals surface area contributed by atoms with E-state index in [2.05, 4.69) is 49.4 Å². The van der Waals surface area contributed by atoms with Crippen LogP contribution in [-0.4, -0.2) is 48.3 Å². The molecule has 0 radical (unpaired) electrons. The number of hydrogen-bond acceptors (Lipinski definition) is 3. The second-order valence-corrected chi connectivity index (χ2v) is 9.58. The first kappa shape index (κ1) is 22.3. The zero-order valence-corrected chi connectivity index (χ0v) is 18.8. The van der Waals surface area contributed by atoms with Gasteiger partial charge in [-0.2, -0.15) is 0 Å². The van der Waals surface area contributed by atoms with Gasteiger partial charge in [0.1, 0.15) is 0 Å². The van der Waals surface area contributed by atoms with E-state index in [0.29, 0.717) is 31.5 Å². The van der Waals surface area contributed by atoms with Crippen molar-refractivity contribution in [2.24, 2.45) is 17.8 Å². The lowest BCUT2D eigenvalue weighted by atomic mass is 9.89. The number of aliphatic hydroxyl groups is 1. The average molecular weight is 424 g/mol. The number of allylic oxidation sites excluding steroid dienone is 2. The van der Waals surface area contributed by atoms with Crippen molar-refractivity contribution < 1.29 is 14.6 Å². The fourth-order valence-electron chi connectivity index (χ4n) is 5.57. The molecule has 31 heavy (non-hydrogen) atoms. The number of aliphatic hydroxyl groups excluding tert-OH is 1. The van der Waals surface area contributed by atoms with Gasteiger partial charge in [-0.15, -0.1) is 0 Å². The minimum atomic E-state index is -0.234. The molecule has 0 spiro atoms. The SMILES string of the molecule is Cc1cccc(CCC=C[C@@H]2[C@H]3CC(COCCC(=O)N4CCCC4)=C[C@H]3C[C@H]2O)c1. The highest BCUT2D eigenvalue weighted by molar-refractivity contribution is 5.76. The van der Waals surface area contributed by atoms with Crippen LogP contribution < -0.4 is 0 Å². The number of benzene rings is 1. The van der Waals surface area contributed by atoms with Crippen molar-refractivity contribution in [3.8, 4) is 0 Å². The van der Waals surface area contributed by atoms with Crippen LogP contribution in [0.25, 0.3) is 0 Å². The molecule has 1 aromatic carbocycles. The van der Waals surface area contributed by atoms with E-state index < -0.39 is 0 Å². The summed E-state index contributed by atoms with van der Waals surface area (Å²) in [7, 11) is 0. The first-order chi connectivity index (χ1) is 15.1. The summed E-state index contributed by atoms with van der Waals surface area (Å²) in [6, 6.07) is 8.69. The van der Waals surface area contributed by atoms with Crippen molar-refractivity contribution in [3.05, 3.63) is 59.2 Å². The minimum Gasteiger partial charge on any atom is -0.392 e. The van der Waals surface area contributed by atoms with Crippen LogP contribution in [0.1, 0.15) is 49.7 Å². The first-order valence-electron chi connectivity index (χ1n) is 12.1. The largest absolute Gasteiger partial charge is 0.392 e. The maximum absolute atomic E-state index is 12.1. The molecule has 0 bridgehead atoms. The third-order valence-corrected chi connectivity index (χ3v) is 7.20. The van der Waals surface area contributed by atoms with Gasteiger partial charge in [-0.3, -0.25) is 4.79 Å². The van der Waals surface area contributed by atoms with Crippen LogP contribution in [0.2, 0.25) is 0 Å². The zero-order valence-electron chi connectivity index (χ0n) is 18.8. The van der Waals surface area contributed by atoms with E-state index in [9.17, 15) is 9.90 Å². The van der Waals surface area contributed by atoms with Crippen LogP contribution in [0.4, 0.5) is 0 Å². The van der Waals surface area contributed by atoms with Crippen LogP contribution in [-0.2, 0) is 16.0 Å². The van der Waals surface area contributed by atoms with Gasteiger partial charge in [0, 0.05) is 19.0 Å². The predicted molar refractivity (Wildman–Crippen MR) is 124 cm³/mol. The normalized spacial score (nSPS) is 27.8. The van der Waals surface area contributed by atoms with Crippen molar-refractivity contribution in [2.45, 2.75) is 58.0 Å². The van der Waals surface area contributed by atoms with Gasteiger partial charge in [0.25, 0.3) is 0 Å². The molecule has 1 aromatic rings. The zero-order chi connectivity index (χ0) is 21.6. The maximum atomic E-state index is 12.1. The van der Waals surface area contributed by atoms with E-state index in [4.69, 9.17) is 4.74 Å². The molecule has 2 aliphatic carbocycles. The lowest BCUT2D eigenvalue weighted by Gasteiger charge is -2.18. The third kappa shape index (κ3) is 5.87. The average Bonchev–Trinajstić information content (AvgIpc) is 3.46. The van der Waals surface area contributed by atoms with Crippen molar-refractivity contribution in [1.82, 2.24) is 4.90 Å². The van der Waals surface area contributed by atoms with E-state index >= 15 is 0 Å². The summed E-state index contributed by atoms with van der Waals surface area (Å²) in [5.41, 5.74) is 4.02. The molecule has 0 aromatic heterocycles. The molecular weight excluding hydrogens is 386 g/mol. The predicted octanol–water partition coefficient (Wildman–Crippen LogP) is 4.46. The highest BCUT2D eigenvalue weighted by atomic mass is 16.5. The van der Waals surface area contributed by atoms with E-state index in [1.54, 1.807) is 0 Å². The Morgan fingerprint density at radius 3 is 2.94 bits per heavy atom. The highest BCUT2D eigenvalue weighted by Gasteiger charge is 2.43. The number of rotatable bonds is 9. The molecule has 1 heterocycles. The molecule has 0 unspecified atom stereocenters. The van der Waals surface area contributed by atoms with Crippen molar-refractivity contribution in [2.75, 3.05) is 26.3 Å². The summed E-state index contributed by atoms with van der Waals surface area (Å²) >= 11 is 0. The number of nitrogens with zero attached hydrogens (tertiary/aromatic N) is 1. The number of hydrogen-bond donors (Lipinski definition) is 1. The topological polar surface area (TPSA) is 49.8 Å². The fourth-order valence-corrected chi connectivity index (χ4v) is 5.57. The van der Waals surface area contributed by atoms with Gasteiger partial charge in [-0.1, -0.05) is 48.1 Å². The van der Waals surface area contributed by atoms with Gasteiger partial charge >= 0.3 is 0 Å². The fraction of sp³-hybridized carbons (Fsp3) is 0.593. The molecule has 1 amide bonds. The van der Waals surface area contributed by atoms with E-state index in [1.807, 2.05) is 4.90 Å². The van der Waals surface area contributed by atoms with Crippen LogP contribution in [0.3, 0.4) is 0 Å². The van der Waals surface area contributed by atoms with Gasteiger partial charge in [0.15, 0.2) is 0 Å². The molecule has 1 N–H and O–H groups in total. The smallest absolute Gasteiger partial charge is 0.224 e. The summed E-state index contributed by atoms with van der Waals surface area (Å²) in [6.07, 6.45) is 13.3. The summed E-state index contributed by atoms with van der Waals surface area (Å²) < 4.78 is 5.84. The monoisotopic (exact) mass is 423 g/mol. The number of likely N-dealkylation sites (tertiary alicyclic amines) is 1. The Balaban J connectivity index is 1.18. The Morgan fingerprint density at radius 2 is 2.13 bits per heavy atom. The maximum Gasteiger partial charge on any atom is 0.224 e. The van der Waals surface area contributed by atoms with E-state index in [0.717, 1.165) is 51.6 Å². The standard InChI is InChI=1S/C27H37NO3/c1-20-7-6-9-21(15-20)8-2-3-10-24-25-17-22(16-23(25)18-26(24)29)19-31-14-11-27(30)28-12-4-5-13-28/h3,6-7,9-10,15-16,23-26,29H,2,4-5,8,11-14,17-19H2,1H3/t23-,24+,25-,26+/m0/s1. The molecule has 1 saturated heterocycles. The molecule has 4 nitrogen and oxygen atoms in total. The van der Waals surface area contributed by atoms with Crippen molar-refractivity contribution in [1.29, 1.82) is 0 Å². The Labute approximate surface area is 187 Å². The number of amides is 1. The van der Waals surface area contributed by atoms with Crippen LogP contribution in [0.5, 0.6) is 0 Å². The number of fused-ring (bicyclic) bond motifs is 1. The number of aryl methyl sites for hydroxylation is 2. The number of carbonyl (C=O) groups excluding carboxylic acids is 1. The Bertz CT molecular complexity index is 808. The molecule has 1 aliphatic heterocycles. The van der Waals surface area contributed by atoms with Gasteiger partial charge in [0.2, 0.25) is 5.91 Å². The summed E-state index contributed by atoms with van der Waals surface area (Å²) in [6.45, 7) is 5.09. The van der Waals surface area contributed by atoms with Gasteiger partial charge in [0.05, 0.1) is 25.7 Å². The second-order valence-electron chi connectivity index (χ2n) is 9.58.